The van der Waals surface area contributed by atoms with Crippen LogP contribution in [-0.2, 0) is 22.5 Å². The molecule has 2 N–H and O–H groups in total. The van der Waals surface area contributed by atoms with Crippen LogP contribution in [0.3, 0.4) is 0 Å². The number of carbonyl (C=O) groups excluding carboxylic acids is 3. The van der Waals surface area contributed by atoms with Gasteiger partial charge in [0.1, 0.15) is 6.04 Å². The van der Waals surface area contributed by atoms with Crippen molar-refractivity contribution in [1.82, 2.24) is 20.0 Å². The molecule has 0 bridgehead atoms. The molecule has 1 aromatic heterocycles. The Kier molecular flexibility index (Phi) is 9.09. The normalized spacial score (nSPS) is 16.3. The minimum Gasteiger partial charge on any atom is -0.435 e. The van der Waals surface area contributed by atoms with Crippen molar-refractivity contribution in [2.24, 2.45) is 0 Å². The summed E-state index contributed by atoms with van der Waals surface area (Å²) in [6, 6.07) is 14.3. The smallest absolute Gasteiger partial charge is 0.435 e. The van der Waals surface area contributed by atoms with Gasteiger partial charge in [0.2, 0.25) is 5.91 Å². The Morgan fingerprint density at radius 3 is 2.49 bits per heavy atom. The maximum absolute atomic E-state index is 14.0. The fourth-order valence-electron chi connectivity index (χ4n) is 5.60. The Labute approximate surface area is 251 Å². The maximum atomic E-state index is 14.0. The minimum absolute atomic E-state index is 0.115. The van der Waals surface area contributed by atoms with Gasteiger partial charge < -0.3 is 24.8 Å². The third-order valence-electron chi connectivity index (χ3n) is 7.96. The molecule has 0 radical (unpaired) electrons. The Hall–Kier alpha value is -4.66. The summed E-state index contributed by atoms with van der Waals surface area (Å²) in [7, 11) is 2.11. The number of amides is 2. The first-order valence-electron chi connectivity index (χ1n) is 14.6. The first-order valence-corrected chi connectivity index (χ1v) is 14.6. The van der Waals surface area contributed by atoms with E-state index in [1.807, 2.05) is 50.2 Å². The average molecular weight is 584 g/mol. The van der Waals surface area contributed by atoms with Crippen molar-refractivity contribution >= 4 is 35.1 Å². The zero-order valence-electron chi connectivity index (χ0n) is 24.8. The molecule has 3 aromatic rings. The van der Waals surface area contributed by atoms with Gasteiger partial charge in [-0.2, -0.15) is 4.68 Å². The van der Waals surface area contributed by atoms with E-state index in [1.165, 1.54) is 0 Å². The zero-order valence-corrected chi connectivity index (χ0v) is 24.8. The Balaban J connectivity index is 1.43. The van der Waals surface area contributed by atoms with Gasteiger partial charge in [0.15, 0.2) is 12.4 Å². The van der Waals surface area contributed by atoms with E-state index in [0.717, 1.165) is 54.2 Å². The molecule has 0 spiro atoms. The highest BCUT2D eigenvalue weighted by molar-refractivity contribution is 6.06. The second-order valence-corrected chi connectivity index (χ2v) is 10.5. The molecule has 3 heterocycles. The fraction of sp³-hybridized carbons (Fsp3) is 0.375. The van der Waals surface area contributed by atoms with Gasteiger partial charge in [-0.25, -0.2) is 4.79 Å². The molecule has 5 rings (SSSR count). The number of fused-ring (bicyclic) bond motifs is 1. The average Bonchev–Trinajstić information content (AvgIpc) is 3.62. The van der Waals surface area contributed by atoms with E-state index < -0.39 is 18.0 Å². The van der Waals surface area contributed by atoms with Crippen LogP contribution >= 0.6 is 0 Å². The Morgan fingerprint density at radius 1 is 1.09 bits per heavy atom. The maximum Gasteiger partial charge on any atom is 0.436 e. The van der Waals surface area contributed by atoms with E-state index in [2.05, 4.69) is 38.5 Å². The van der Waals surface area contributed by atoms with Crippen LogP contribution in [0.15, 0.2) is 48.5 Å². The van der Waals surface area contributed by atoms with Gasteiger partial charge in [-0.3, -0.25) is 14.9 Å². The number of hydrogen-bond acceptors (Lipinski definition) is 8. The van der Waals surface area contributed by atoms with Crippen LogP contribution in [0, 0.1) is 12.3 Å². The van der Waals surface area contributed by atoms with Gasteiger partial charge >= 0.3 is 6.09 Å². The summed E-state index contributed by atoms with van der Waals surface area (Å²) in [6.45, 7) is 8.12. The van der Waals surface area contributed by atoms with E-state index in [4.69, 9.17) is 11.2 Å². The number of nitrogens with one attached hydrogen (secondary N) is 2. The van der Waals surface area contributed by atoms with E-state index >= 15 is 0 Å². The van der Waals surface area contributed by atoms with Gasteiger partial charge in [-0.05, 0) is 56.3 Å². The molecule has 2 aliphatic rings. The molecule has 1 unspecified atom stereocenters. The zero-order chi connectivity index (χ0) is 30.5. The van der Waals surface area contributed by atoms with Crippen LogP contribution in [0.4, 0.5) is 22.0 Å². The molecule has 1 fully saturated rings. The van der Waals surface area contributed by atoms with Crippen LogP contribution in [0.25, 0.3) is 0 Å². The minimum atomic E-state index is -0.844. The lowest BCUT2D eigenvalue weighted by molar-refractivity contribution is -0.120. The number of benzene rings is 2. The standard InChI is InChI=1S/C32H37N7O4/c1-5-20-43-32(42)39-26-21-33-28(31(41)38(7-3)25-11-9-8-10-22(25)6-2)27(26)29(35-39)34-30(40)23-12-14-24(15-13-23)37-18-16-36(4)17-19-37/h1,8-15,28,33H,6-7,16-21H2,2-4H3,(H,34,35,40). The number of likely N-dealkylation sites (N-methyl/N-ethyl adjacent to an activating group) is 2. The number of hydrogen-bond donors (Lipinski definition) is 2. The Bertz CT molecular complexity index is 1530. The summed E-state index contributed by atoms with van der Waals surface area (Å²) in [4.78, 5) is 46.6. The van der Waals surface area contributed by atoms with Crippen molar-refractivity contribution in [2.45, 2.75) is 32.9 Å². The topological polar surface area (TPSA) is 112 Å². The molecule has 0 aliphatic carbocycles. The fourth-order valence-corrected chi connectivity index (χ4v) is 5.60. The lowest BCUT2D eigenvalue weighted by atomic mass is 10.1. The summed E-state index contributed by atoms with van der Waals surface area (Å²) < 4.78 is 6.19. The highest BCUT2D eigenvalue weighted by atomic mass is 16.6. The second kappa shape index (κ2) is 13.1. The van der Waals surface area contributed by atoms with E-state index in [-0.39, 0.29) is 24.9 Å². The van der Waals surface area contributed by atoms with Crippen molar-refractivity contribution < 1.29 is 19.1 Å². The van der Waals surface area contributed by atoms with Gasteiger partial charge in [0, 0.05) is 61.8 Å². The number of aryl methyl sites for hydroxylation is 1. The quantitative estimate of drug-likeness (QED) is 0.389. The molecule has 0 saturated carbocycles. The summed E-state index contributed by atoms with van der Waals surface area (Å²) in [5, 5.41) is 10.5. The predicted octanol–water partition coefficient (Wildman–Crippen LogP) is 3.26. The van der Waals surface area contributed by atoms with E-state index in [0.29, 0.717) is 23.4 Å². The molecular formula is C32H37N7O4. The monoisotopic (exact) mass is 583 g/mol. The van der Waals surface area contributed by atoms with Crippen LogP contribution in [0.2, 0.25) is 0 Å². The molecule has 2 aliphatic heterocycles. The van der Waals surface area contributed by atoms with E-state index in [1.54, 1.807) is 17.0 Å². The van der Waals surface area contributed by atoms with Crippen molar-refractivity contribution in [3.05, 3.63) is 70.9 Å². The van der Waals surface area contributed by atoms with Crippen molar-refractivity contribution in [1.29, 1.82) is 0 Å². The molecule has 2 amide bonds. The third kappa shape index (κ3) is 6.11. The van der Waals surface area contributed by atoms with Crippen molar-refractivity contribution in [2.75, 3.05) is 61.5 Å². The number of aromatic nitrogens is 2. The number of ether oxygens (including phenoxy) is 1. The van der Waals surface area contributed by atoms with Crippen LogP contribution < -0.4 is 20.4 Å². The number of rotatable bonds is 8. The Morgan fingerprint density at radius 2 is 1.81 bits per heavy atom. The van der Waals surface area contributed by atoms with Crippen molar-refractivity contribution in [3.8, 4) is 12.3 Å². The van der Waals surface area contributed by atoms with Gasteiger partial charge in [-0.15, -0.1) is 11.5 Å². The first kappa shape index (κ1) is 29.8. The van der Waals surface area contributed by atoms with Gasteiger partial charge in [0.25, 0.3) is 5.91 Å². The third-order valence-corrected chi connectivity index (χ3v) is 7.96. The molecule has 11 nitrogen and oxygen atoms in total. The number of para-hydroxylation sites is 1. The molecule has 43 heavy (non-hydrogen) atoms. The molecule has 1 saturated heterocycles. The largest absolute Gasteiger partial charge is 0.436 e. The lowest BCUT2D eigenvalue weighted by Crippen LogP contribution is -2.44. The SMILES string of the molecule is C#CCOC(=O)n1nc(NC(=O)c2ccc(N3CCN(C)CC3)cc2)c2c1CNC2C(=O)N(CC)c1ccccc1CC. The lowest BCUT2D eigenvalue weighted by Gasteiger charge is -2.34. The number of terminal acetylenes is 1. The predicted molar refractivity (Wildman–Crippen MR) is 165 cm³/mol. The van der Waals surface area contributed by atoms with Crippen LogP contribution in [0.1, 0.15) is 47.1 Å². The number of nitrogens with zero attached hydrogens (tertiary/aromatic N) is 5. The summed E-state index contributed by atoms with van der Waals surface area (Å²) >= 11 is 0. The van der Waals surface area contributed by atoms with Gasteiger partial charge in [0.05, 0.1) is 5.69 Å². The molecule has 2 aromatic carbocycles. The van der Waals surface area contributed by atoms with E-state index in [9.17, 15) is 14.4 Å². The summed E-state index contributed by atoms with van der Waals surface area (Å²) in [5.41, 5.74) is 4.20. The highest BCUT2D eigenvalue weighted by Crippen LogP contribution is 2.35. The van der Waals surface area contributed by atoms with Crippen LogP contribution in [0.5, 0.6) is 0 Å². The number of piperazine rings is 1. The van der Waals surface area contributed by atoms with Gasteiger partial charge in [-0.1, -0.05) is 31.0 Å². The van der Waals surface area contributed by atoms with Crippen LogP contribution in [-0.4, -0.2) is 79.0 Å². The summed E-state index contributed by atoms with van der Waals surface area (Å²) in [6.07, 6.45) is 5.25. The summed E-state index contributed by atoms with van der Waals surface area (Å²) in [5.74, 6) is 1.76. The highest BCUT2D eigenvalue weighted by Gasteiger charge is 2.39. The molecule has 1 atom stereocenters. The molecular weight excluding hydrogens is 546 g/mol. The molecule has 11 heteroatoms. The number of anilines is 3. The van der Waals surface area contributed by atoms with Crippen molar-refractivity contribution in [3.63, 3.8) is 0 Å². The first-order chi connectivity index (χ1) is 20.9. The molecule has 224 valence electrons. The number of carbonyl (C=O) groups is 3. The second-order valence-electron chi connectivity index (χ2n) is 10.5.